The summed E-state index contributed by atoms with van der Waals surface area (Å²) in [6.45, 7) is 15.4. The number of carbonyl (C=O) groups is 2. The van der Waals surface area contributed by atoms with E-state index in [1.54, 1.807) is 27.9 Å². The van der Waals surface area contributed by atoms with Gasteiger partial charge in [0.05, 0.1) is 17.8 Å². The molecular formula is C32H59N3O7. The molecule has 0 unspecified atom stereocenters. The van der Waals surface area contributed by atoms with E-state index in [1.165, 1.54) is 12.8 Å². The van der Waals surface area contributed by atoms with E-state index in [1.807, 2.05) is 32.8 Å². The molecule has 0 aromatic carbocycles. The number of rotatable bonds is 8. The number of cyclic esters (lactones) is 1. The second kappa shape index (κ2) is 15.2. The number of likely N-dealkylation sites (tertiary alicyclic amines) is 1. The zero-order chi connectivity index (χ0) is 31.2. The molecule has 10 nitrogen and oxygen atoms in total. The lowest BCUT2D eigenvalue weighted by atomic mass is 9.74. The van der Waals surface area contributed by atoms with Crippen LogP contribution in [-0.2, 0) is 28.5 Å². The van der Waals surface area contributed by atoms with Gasteiger partial charge in [-0.05, 0) is 112 Å². The smallest absolute Gasteiger partial charge is 0.319 e. The van der Waals surface area contributed by atoms with Crippen LogP contribution in [0, 0.1) is 17.3 Å². The molecule has 3 aliphatic heterocycles. The number of carbonyl (C=O) groups excluding carboxylic acids is 2. The van der Waals surface area contributed by atoms with E-state index in [4.69, 9.17) is 18.9 Å². The van der Waals surface area contributed by atoms with Crippen molar-refractivity contribution in [2.45, 2.75) is 122 Å². The zero-order valence-electron chi connectivity index (χ0n) is 27.7. The molecule has 2 N–H and O–H groups in total. The Kier molecular flexibility index (Phi) is 12.8. The van der Waals surface area contributed by atoms with Crippen molar-refractivity contribution in [3.05, 3.63) is 0 Å². The summed E-state index contributed by atoms with van der Waals surface area (Å²) in [6.07, 6.45) is 2.91. The Bertz CT molecular complexity index is 880. The van der Waals surface area contributed by atoms with Gasteiger partial charge in [0.25, 0.3) is 0 Å². The second-order valence-corrected chi connectivity index (χ2v) is 14.1. The Balaban J connectivity index is 1.86. The molecular weight excluding hydrogens is 538 g/mol. The van der Waals surface area contributed by atoms with Gasteiger partial charge in [0, 0.05) is 25.1 Å². The van der Waals surface area contributed by atoms with Gasteiger partial charge in [-0.1, -0.05) is 13.8 Å². The molecule has 3 rings (SSSR count). The van der Waals surface area contributed by atoms with E-state index < -0.39 is 41.4 Å². The number of nitrogens with zero attached hydrogens (tertiary/aromatic N) is 2. The van der Waals surface area contributed by atoms with Gasteiger partial charge in [-0.3, -0.25) is 9.59 Å². The number of aliphatic hydroxyl groups is 1. The maximum atomic E-state index is 14.1. The number of aliphatic hydroxyl groups excluding tert-OH is 1. The molecule has 0 aromatic rings. The minimum Gasteiger partial charge on any atom is -0.463 e. The summed E-state index contributed by atoms with van der Waals surface area (Å²) in [6, 6.07) is -0.163. The number of nitrogens with one attached hydrogen (secondary N) is 1. The van der Waals surface area contributed by atoms with Gasteiger partial charge in [-0.15, -0.1) is 0 Å². The van der Waals surface area contributed by atoms with E-state index in [-0.39, 0.29) is 36.5 Å². The number of likely N-dealkylation sites (N-methyl/N-ethyl adjacent to an activating group) is 1. The van der Waals surface area contributed by atoms with Gasteiger partial charge in [0.1, 0.15) is 18.1 Å². The third-order valence-electron chi connectivity index (χ3n) is 9.77. The lowest BCUT2D eigenvalue weighted by molar-refractivity contribution is -0.295. The number of hydrogen-bond acceptors (Lipinski definition) is 10. The SMILES string of the molecule is CO[C@]1(C)C[C@@H](C)CN[C@H](CCCN2CCCC2)COC(=O)C(C)(C)C(=O)[C@H](C)[C@H]1O[C@@H]1O[C@H](C)C[C@H](N(C)C)[C@H]1O. The van der Waals surface area contributed by atoms with Crippen LogP contribution < -0.4 is 5.32 Å². The van der Waals surface area contributed by atoms with Crippen molar-refractivity contribution < 1.29 is 33.6 Å². The Morgan fingerprint density at radius 1 is 1.12 bits per heavy atom. The topological polar surface area (TPSA) is 110 Å². The highest BCUT2D eigenvalue weighted by Crippen LogP contribution is 2.38. The normalized spacial score (nSPS) is 39.4. The summed E-state index contributed by atoms with van der Waals surface area (Å²) in [4.78, 5) is 31.9. The van der Waals surface area contributed by atoms with E-state index in [0.29, 0.717) is 19.4 Å². The molecule has 0 radical (unpaired) electrons. The van der Waals surface area contributed by atoms with Crippen LogP contribution in [0.5, 0.6) is 0 Å². The number of ketones is 1. The number of Topliss-reactive ketones (excluding diaryl/α,β-unsaturated/α-hetero) is 1. The predicted octanol–water partition coefficient (Wildman–Crippen LogP) is 2.85. The minimum absolute atomic E-state index is 0.000769. The Morgan fingerprint density at radius 2 is 1.79 bits per heavy atom. The number of methoxy groups -OCH3 is 1. The van der Waals surface area contributed by atoms with E-state index >= 15 is 0 Å². The molecule has 3 aliphatic rings. The van der Waals surface area contributed by atoms with Crippen LogP contribution in [0.4, 0.5) is 0 Å². The van der Waals surface area contributed by atoms with Gasteiger partial charge < -0.3 is 39.2 Å². The first-order chi connectivity index (χ1) is 19.7. The minimum atomic E-state index is -1.39. The summed E-state index contributed by atoms with van der Waals surface area (Å²) in [5.74, 6) is -1.39. The first kappa shape index (κ1) is 35.3. The molecule has 3 fully saturated rings. The average molecular weight is 598 g/mol. The molecule has 42 heavy (non-hydrogen) atoms. The molecule has 3 saturated heterocycles. The maximum absolute atomic E-state index is 14.1. The number of ether oxygens (including phenoxy) is 4. The van der Waals surface area contributed by atoms with Crippen molar-refractivity contribution in [1.29, 1.82) is 0 Å². The fourth-order valence-corrected chi connectivity index (χ4v) is 7.01. The van der Waals surface area contributed by atoms with Crippen LogP contribution in [0.1, 0.15) is 80.1 Å². The number of esters is 1. The highest BCUT2D eigenvalue weighted by Gasteiger charge is 2.51. The van der Waals surface area contributed by atoms with Crippen molar-refractivity contribution in [2.24, 2.45) is 17.3 Å². The average Bonchev–Trinajstić information content (AvgIpc) is 3.46. The molecule has 10 heteroatoms. The molecule has 0 spiro atoms. The Labute approximate surface area is 254 Å². The van der Waals surface area contributed by atoms with Crippen molar-refractivity contribution >= 4 is 11.8 Å². The fourth-order valence-electron chi connectivity index (χ4n) is 7.01. The van der Waals surface area contributed by atoms with Gasteiger partial charge >= 0.3 is 5.97 Å². The highest BCUT2D eigenvalue weighted by atomic mass is 16.7. The van der Waals surface area contributed by atoms with Crippen LogP contribution >= 0.6 is 0 Å². The van der Waals surface area contributed by atoms with Crippen LogP contribution in [0.15, 0.2) is 0 Å². The zero-order valence-corrected chi connectivity index (χ0v) is 27.7. The highest BCUT2D eigenvalue weighted by molar-refractivity contribution is 6.04. The van der Waals surface area contributed by atoms with Crippen LogP contribution in [0.2, 0.25) is 0 Å². The quantitative estimate of drug-likeness (QED) is 0.320. The van der Waals surface area contributed by atoms with Gasteiger partial charge in [0.2, 0.25) is 0 Å². The van der Waals surface area contributed by atoms with E-state index in [0.717, 1.165) is 32.5 Å². The molecule has 0 aliphatic carbocycles. The van der Waals surface area contributed by atoms with Crippen molar-refractivity contribution in [1.82, 2.24) is 15.1 Å². The third-order valence-corrected chi connectivity index (χ3v) is 9.77. The third kappa shape index (κ3) is 8.73. The first-order valence-corrected chi connectivity index (χ1v) is 16.1. The van der Waals surface area contributed by atoms with Crippen molar-refractivity contribution in [3.63, 3.8) is 0 Å². The summed E-state index contributed by atoms with van der Waals surface area (Å²) in [5.41, 5.74) is -2.28. The monoisotopic (exact) mass is 597 g/mol. The summed E-state index contributed by atoms with van der Waals surface area (Å²) in [7, 11) is 5.49. The molecule has 3 heterocycles. The van der Waals surface area contributed by atoms with Crippen molar-refractivity contribution in [3.8, 4) is 0 Å². The molecule has 0 bridgehead atoms. The largest absolute Gasteiger partial charge is 0.463 e. The van der Waals surface area contributed by atoms with E-state index in [2.05, 4.69) is 17.1 Å². The van der Waals surface area contributed by atoms with Crippen molar-refractivity contribution in [2.75, 3.05) is 54.0 Å². The summed E-state index contributed by atoms with van der Waals surface area (Å²) >= 11 is 0. The standard InChI is InChI=1S/C32H59N3O7/c1-21-18-32(6,39-9)28(42-29-26(36)25(34(7)8)17-22(2)41-29)23(3)27(37)31(4,5)30(38)40-20-24(33-19-21)13-12-16-35-14-10-11-15-35/h21-26,28-29,33,36H,10-20H2,1-9H3/t21-,22-,23+,24-,25+,26-,28-,29+,32-/m1/s1. The fraction of sp³-hybridized carbons (Fsp3) is 0.938. The predicted molar refractivity (Wildman–Crippen MR) is 162 cm³/mol. The van der Waals surface area contributed by atoms with E-state index in [9.17, 15) is 14.7 Å². The van der Waals surface area contributed by atoms with Gasteiger partial charge in [0.15, 0.2) is 12.1 Å². The van der Waals surface area contributed by atoms with Crippen LogP contribution in [-0.4, -0.2) is 123 Å². The first-order valence-electron chi connectivity index (χ1n) is 16.1. The maximum Gasteiger partial charge on any atom is 0.319 e. The van der Waals surface area contributed by atoms with Gasteiger partial charge in [-0.2, -0.15) is 0 Å². The molecule has 0 amide bonds. The Morgan fingerprint density at radius 3 is 2.40 bits per heavy atom. The summed E-state index contributed by atoms with van der Waals surface area (Å²) < 4.78 is 24.7. The lowest BCUT2D eigenvalue weighted by Crippen LogP contribution is -2.59. The van der Waals surface area contributed by atoms with Crippen LogP contribution in [0.3, 0.4) is 0 Å². The summed E-state index contributed by atoms with van der Waals surface area (Å²) in [5, 5.41) is 14.9. The molecule has 0 saturated carbocycles. The number of hydrogen-bond donors (Lipinski definition) is 2. The van der Waals surface area contributed by atoms with Crippen LogP contribution in [0.25, 0.3) is 0 Å². The van der Waals surface area contributed by atoms with Gasteiger partial charge in [-0.25, -0.2) is 0 Å². The Hall–Kier alpha value is -1.14. The second-order valence-electron chi connectivity index (χ2n) is 14.1. The lowest BCUT2D eigenvalue weighted by Gasteiger charge is -2.47. The molecule has 244 valence electrons. The molecule has 9 atom stereocenters. The molecule has 0 aromatic heterocycles.